The summed E-state index contributed by atoms with van der Waals surface area (Å²) in [6, 6.07) is 10.1. The van der Waals surface area contributed by atoms with E-state index in [1.807, 2.05) is 0 Å². The summed E-state index contributed by atoms with van der Waals surface area (Å²) in [7, 11) is 0. The number of nitrogens with zero attached hydrogens (tertiary/aromatic N) is 2. The van der Waals surface area contributed by atoms with E-state index in [-0.39, 0.29) is 5.91 Å². The molecule has 0 aliphatic rings. The normalized spacial score (nSPS) is 10.9. The van der Waals surface area contributed by atoms with Gasteiger partial charge in [0.15, 0.2) is 6.61 Å². The predicted molar refractivity (Wildman–Crippen MR) is 83.5 cm³/mol. The molecule has 1 heterocycles. The molecule has 0 atom stereocenters. The molecule has 7 nitrogen and oxygen atoms in total. The molecule has 1 amide bonds. The van der Waals surface area contributed by atoms with E-state index >= 15 is 0 Å². The number of amides is 1. The van der Waals surface area contributed by atoms with E-state index in [9.17, 15) is 9.59 Å². The molecule has 7 heteroatoms. The second-order valence-corrected chi connectivity index (χ2v) is 4.59. The number of carbonyl (C=O) groups excluding carboxylic acids is 1. The molecule has 0 bridgehead atoms. The third kappa shape index (κ3) is 4.92. The maximum atomic E-state index is 11.9. The number of carboxylic acid groups (broad SMARTS) is 1. The predicted octanol–water partition coefficient (Wildman–Crippen LogP) is 1.70. The molecular weight excluding hydrogens is 298 g/mol. The van der Waals surface area contributed by atoms with Crippen LogP contribution in [0, 0.1) is 0 Å². The van der Waals surface area contributed by atoms with Gasteiger partial charge in [0, 0.05) is 18.0 Å². The molecule has 1 aromatic heterocycles. The first-order valence-corrected chi connectivity index (χ1v) is 6.76. The second-order valence-electron chi connectivity index (χ2n) is 4.59. The van der Waals surface area contributed by atoms with Gasteiger partial charge in [-0.2, -0.15) is 5.10 Å². The Hall–Kier alpha value is -3.22. The van der Waals surface area contributed by atoms with E-state index in [1.54, 1.807) is 49.5 Å². The molecular formula is C16H15N3O4. The Kier molecular flexibility index (Phi) is 5.40. The number of pyridine rings is 1. The number of hydrazone groups is 1. The highest BCUT2D eigenvalue weighted by atomic mass is 16.5. The molecule has 0 fully saturated rings. The number of carbonyl (C=O) groups is 2. The highest BCUT2D eigenvalue weighted by Gasteiger charge is 2.06. The standard InChI is InChI=1S/C16H15N3O4/c1-11(18-19-16(22)13-5-3-7-17-9-13)12-4-2-6-14(8-12)23-10-15(20)21/h2-9H,10H2,1H3,(H,19,22)(H,20,21). The van der Waals surface area contributed by atoms with Crippen molar-refractivity contribution in [3.8, 4) is 5.75 Å². The minimum Gasteiger partial charge on any atom is -0.482 e. The van der Waals surface area contributed by atoms with E-state index in [0.29, 0.717) is 22.6 Å². The summed E-state index contributed by atoms with van der Waals surface area (Å²) in [6.45, 7) is 1.30. The number of benzene rings is 1. The number of ether oxygens (including phenoxy) is 1. The second kappa shape index (κ2) is 7.69. The van der Waals surface area contributed by atoms with Gasteiger partial charge in [-0.25, -0.2) is 10.2 Å². The van der Waals surface area contributed by atoms with E-state index in [1.165, 1.54) is 6.20 Å². The quantitative estimate of drug-likeness (QED) is 0.624. The molecule has 0 unspecified atom stereocenters. The molecule has 0 aliphatic heterocycles. The Bertz CT molecular complexity index is 729. The van der Waals surface area contributed by atoms with Gasteiger partial charge in [-0.1, -0.05) is 12.1 Å². The van der Waals surface area contributed by atoms with Gasteiger partial charge < -0.3 is 9.84 Å². The maximum Gasteiger partial charge on any atom is 0.341 e. The molecule has 23 heavy (non-hydrogen) atoms. The Morgan fingerprint density at radius 2 is 2.04 bits per heavy atom. The molecule has 0 radical (unpaired) electrons. The van der Waals surface area contributed by atoms with Crippen molar-refractivity contribution in [2.75, 3.05) is 6.61 Å². The minimum atomic E-state index is -1.05. The Labute approximate surface area is 132 Å². The maximum absolute atomic E-state index is 11.9. The highest BCUT2D eigenvalue weighted by Crippen LogP contribution is 2.14. The van der Waals surface area contributed by atoms with E-state index in [2.05, 4.69) is 15.5 Å². The van der Waals surface area contributed by atoms with E-state index in [0.717, 1.165) is 0 Å². The Morgan fingerprint density at radius 1 is 1.26 bits per heavy atom. The summed E-state index contributed by atoms with van der Waals surface area (Å²) >= 11 is 0. The largest absolute Gasteiger partial charge is 0.482 e. The van der Waals surface area contributed by atoms with Crippen LogP contribution < -0.4 is 10.2 Å². The summed E-state index contributed by atoms with van der Waals surface area (Å²) in [4.78, 5) is 26.2. The Morgan fingerprint density at radius 3 is 2.74 bits per heavy atom. The average Bonchev–Trinajstić information content (AvgIpc) is 2.58. The van der Waals surface area contributed by atoms with Gasteiger partial charge in [-0.05, 0) is 31.2 Å². The van der Waals surface area contributed by atoms with Crippen LogP contribution >= 0.6 is 0 Å². The summed E-state index contributed by atoms with van der Waals surface area (Å²) in [5.41, 5.74) is 4.11. The van der Waals surface area contributed by atoms with E-state index < -0.39 is 12.6 Å². The van der Waals surface area contributed by atoms with Crippen molar-refractivity contribution in [2.45, 2.75) is 6.92 Å². The van der Waals surface area contributed by atoms with Crippen molar-refractivity contribution in [1.29, 1.82) is 0 Å². The third-order valence-electron chi connectivity index (χ3n) is 2.86. The van der Waals surface area contributed by atoms with Crippen LogP contribution in [0.5, 0.6) is 5.75 Å². The first-order chi connectivity index (χ1) is 11.1. The number of nitrogens with one attached hydrogen (secondary N) is 1. The fourth-order valence-corrected chi connectivity index (χ4v) is 1.72. The smallest absolute Gasteiger partial charge is 0.341 e. The first kappa shape index (κ1) is 16.2. The van der Waals surface area contributed by atoms with Gasteiger partial charge in [-0.15, -0.1) is 0 Å². The zero-order valence-corrected chi connectivity index (χ0v) is 12.4. The zero-order valence-electron chi connectivity index (χ0n) is 12.4. The molecule has 2 aromatic rings. The van der Waals surface area contributed by atoms with Crippen molar-refractivity contribution in [3.63, 3.8) is 0 Å². The zero-order chi connectivity index (χ0) is 16.7. The van der Waals surface area contributed by atoms with Crippen LogP contribution in [-0.2, 0) is 4.79 Å². The lowest BCUT2D eigenvalue weighted by molar-refractivity contribution is -0.139. The molecule has 2 N–H and O–H groups in total. The lowest BCUT2D eigenvalue weighted by Gasteiger charge is -2.06. The van der Waals surface area contributed by atoms with Crippen LogP contribution in [0.1, 0.15) is 22.8 Å². The molecule has 0 saturated carbocycles. The van der Waals surface area contributed by atoms with Crippen LogP contribution in [0.15, 0.2) is 53.9 Å². The van der Waals surface area contributed by atoms with Crippen molar-refractivity contribution in [1.82, 2.24) is 10.4 Å². The number of aliphatic carboxylic acids is 1. The summed E-state index contributed by atoms with van der Waals surface area (Å²) < 4.78 is 5.10. The van der Waals surface area contributed by atoms with Gasteiger partial charge in [0.25, 0.3) is 5.91 Å². The number of hydrogen-bond acceptors (Lipinski definition) is 5. The van der Waals surface area contributed by atoms with Crippen molar-refractivity contribution in [2.24, 2.45) is 5.10 Å². The van der Waals surface area contributed by atoms with Crippen LogP contribution in [0.2, 0.25) is 0 Å². The SMILES string of the molecule is CC(=NNC(=O)c1cccnc1)c1cccc(OCC(=O)O)c1. The molecule has 118 valence electrons. The fourth-order valence-electron chi connectivity index (χ4n) is 1.72. The lowest BCUT2D eigenvalue weighted by atomic mass is 10.1. The topological polar surface area (TPSA) is 101 Å². The minimum absolute atomic E-state index is 0.365. The van der Waals surface area contributed by atoms with Crippen molar-refractivity contribution < 1.29 is 19.4 Å². The monoisotopic (exact) mass is 313 g/mol. The Balaban J connectivity index is 2.04. The summed E-state index contributed by atoms with van der Waals surface area (Å²) in [6.07, 6.45) is 3.02. The number of aromatic nitrogens is 1. The van der Waals surface area contributed by atoms with Crippen molar-refractivity contribution >= 4 is 17.6 Å². The van der Waals surface area contributed by atoms with Gasteiger partial charge in [0.05, 0.1) is 11.3 Å². The molecule has 1 aromatic carbocycles. The molecule has 0 aliphatic carbocycles. The van der Waals surface area contributed by atoms with Crippen LogP contribution in [0.25, 0.3) is 0 Å². The average molecular weight is 313 g/mol. The van der Waals surface area contributed by atoms with Crippen LogP contribution in [-0.4, -0.2) is 34.3 Å². The molecule has 0 spiro atoms. The third-order valence-corrected chi connectivity index (χ3v) is 2.86. The molecule has 0 saturated heterocycles. The van der Waals surface area contributed by atoms with Crippen LogP contribution in [0.4, 0.5) is 0 Å². The van der Waals surface area contributed by atoms with Gasteiger partial charge in [0.2, 0.25) is 0 Å². The fraction of sp³-hybridized carbons (Fsp3) is 0.125. The summed E-state index contributed by atoms with van der Waals surface area (Å²) in [5, 5.41) is 12.6. The number of hydrogen-bond donors (Lipinski definition) is 2. The highest BCUT2D eigenvalue weighted by molar-refractivity contribution is 6.01. The van der Waals surface area contributed by atoms with Gasteiger partial charge in [0.1, 0.15) is 5.75 Å². The molecule has 2 rings (SSSR count). The van der Waals surface area contributed by atoms with Gasteiger partial charge in [-0.3, -0.25) is 9.78 Å². The first-order valence-electron chi connectivity index (χ1n) is 6.76. The lowest BCUT2D eigenvalue weighted by Crippen LogP contribution is -2.19. The number of rotatable bonds is 6. The van der Waals surface area contributed by atoms with Crippen LogP contribution in [0.3, 0.4) is 0 Å². The van der Waals surface area contributed by atoms with E-state index in [4.69, 9.17) is 9.84 Å². The van der Waals surface area contributed by atoms with Gasteiger partial charge >= 0.3 is 5.97 Å². The number of carboxylic acids is 1. The summed E-state index contributed by atoms with van der Waals surface area (Å²) in [5.74, 6) is -1.00. The van der Waals surface area contributed by atoms with Crippen molar-refractivity contribution in [3.05, 3.63) is 59.9 Å².